The van der Waals surface area contributed by atoms with Crippen LogP contribution in [-0.4, -0.2) is 41.1 Å². The Morgan fingerprint density at radius 3 is 2.82 bits per heavy atom. The van der Waals surface area contributed by atoms with Crippen LogP contribution in [0, 0.1) is 17.1 Å². The van der Waals surface area contributed by atoms with Gasteiger partial charge in [-0.05, 0) is 37.6 Å². The molecule has 5 nitrogen and oxygen atoms in total. The van der Waals surface area contributed by atoms with Crippen molar-refractivity contribution in [1.82, 2.24) is 4.90 Å². The van der Waals surface area contributed by atoms with Crippen molar-refractivity contribution in [3.8, 4) is 6.07 Å². The molecular weight excluding hydrogens is 381 g/mol. The van der Waals surface area contributed by atoms with Crippen molar-refractivity contribution in [2.75, 3.05) is 18.0 Å². The molecular formula is C21H21ClFN3O2. The van der Waals surface area contributed by atoms with E-state index < -0.39 is 6.10 Å². The van der Waals surface area contributed by atoms with Crippen LogP contribution in [0.3, 0.4) is 0 Å². The van der Waals surface area contributed by atoms with Crippen molar-refractivity contribution in [3.63, 3.8) is 0 Å². The molecule has 0 unspecified atom stereocenters. The summed E-state index contributed by atoms with van der Waals surface area (Å²) in [5, 5.41) is 19.0. The number of likely N-dealkylation sites (tertiary alicyclic amines) is 1. The molecule has 0 saturated carbocycles. The minimum atomic E-state index is -1.05. The highest BCUT2D eigenvalue weighted by Gasteiger charge is 2.32. The predicted molar refractivity (Wildman–Crippen MR) is 105 cm³/mol. The van der Waals surface area contributed by atoms with E-state index in [1.807, 2.05) is 11.0 Å². The number of carbonyl (C=O) groups excluding carboxylic acids is 1. The summed E-state index contributed by atoms with van der Waals surface area (Å²) in [4.78, 5) is 15.8. The second kappa shape index (κ2) is 8.59. The van der Waals surface area contributed by atoms with E-state index in [1.54, 1.807) is 41.3 Å². The number of rotatable bonds is 5. The SMILES string of the molecule is C[C@H](O)C(=O)N1CC[C@H](N(Cc2ccccc2F)c2ccc(C#N)c(Cl)c2)C1. The summed E-state index contributed by atoms with van der Waals surface area (Å²) in [6.07, 6.45) is -0.368. The normalized spacial score (nSPS) is 17.2. The third kappa shape index (κ3) is 4.27. The van der Waals surface area contributed by atoms with Gasteiger partial charge in [0.1, 0.15) is 18.0 Å². The van der Waals surface area contributed by atoms with Crippen LogP contribution in [0.2, 0.25) is 5.02 Å². The number of halogens is 2. The largest absolute Gasteiger partial charge is 0.384 e. The molecule has 146 valence electrons. The smallest absolute Gasteiger partial charge is 0.251 e. The zero-order chi connectivity index (χ0) is 20.3. The Morgan fingerprint density at radius 2 is 2.18 bits per heavy atom. The zero-order valence-electron chi connectivity index (χ0n) is 15.5. The van der Waals surface area contributed by atoms with Gasteiger partial charge in [0, 0.05) is 36.9 Å². The standard InChI is InChI=1S/C21H21ClFN3O2/c1-14(27)21(28)25-9-8-18(13-25)26(12-16-4-2-3-5-20(16)23)17-7-6-15(11-24)19(22)10-17/h2-7,10,14,18,27H,8-9,12-13H2,1H3/t14-,18-/m0/s1. The number of amides is 1. The predicted octanol–water partition coefficient (Wildman–Crippen LogP) is 3.34. The van der Waals surface area contributed by atoms with E-state index in [4.69, 9.17) is 16.9 Å². The molecule has 28 heavy (non-hydrogen) atoms. The Labute approximate surface area is 168 Å². The first-order valence-electron chi connectivity index (χ1n) is 9.07. The van der Waals surface area contributed by atoms with E-state index in [0.717, 1.165) is 5.69 Å². The Kier molecular flexibility index (Phi) is 6.18. The molecule has 0 aliphatic carbocycles. The Bertz CT molecular complexity index is 913. The summed E-state index contributed by atoms with van der Waals surface area (Å²) in [7, 11) is 0. The average molecular weight is 402 g/mol. The highest BCUT2D eigenvalue weighted by atomic mass is 35.5. The number of aliphatic hydroxyl groups excluding tert-OH is 1. The molecule has 1 N–H and O–H groups in total. The number of benzene rings is 2. The third-order valence-electron chi connectivity index (χ3n) is 4.98. The second-order valence-corrected chi connectivity index (χ2v) is 7.31. The molecule has 1 fully saturated rings. The number of anilines is 1. The lowest BCUT2D eigenvalue weighted by molar-refractivity contribution is -0.138. The van der Waals surface area contributed by atoms with Crippen molar-refractivity contribution < 1.29 is 14.3 Å². The highest BCUT2D eigenvalue weighted by molar-refractivity contribution is 6.32. The molecule has 1 aliphatic heterocycles. The second-order valence-electron chi connectivity index (χ2n) is 6.90. The highest BCUT2D eigenvalue weighted by Crippen LogP contribution is 2.30. The van der Waals surface area contributed by atoms with Crippen molar-refractivity contribution in [2.45, 2.75) is 32.0 Å². The Morgan fingerprint density at radius 1 is 1.43 bits per heavy atom. The molecule has 0 radical (unpaired) electrons. The lowest BCUT2D eigenvalue weighted by Gasteiger charge is -2.32. The monoisotopic (exact) mass is 401 g/mol. The van der Waals surface area contributed by atoms with Crippen LogP contribution < -0.4 is 4.90 Å². The van der Waals surface area contributed by atoms with Crippen molar-refractivity contribution in [2.24, 2.45) is 0 Å². The van der Waals surface area contributed by atoms with Gasteiger partial charge in [-0.2, -0.15) is 5.26 Å². The van der Waals surface area contributed by atoms with Gasteiger partial charge in [0.05, 0.1) is 10.6 Å². The molecule has 2 atom stereocenters. The Hall–Kier alpha value is -2.62. The van der Waals surface area contributed by atoms with Gasteiger partial charge in [-0.15, -0.1) is 0 Å². The van der Waals surface area contributed by atoms with Crippen LogP contribution in [0.4, 0.5) is 10.1 Å². The molecule has 7 heteroatoms. The maximum absolute atomic E-state index is 14.3. The molecule has 0 bridgehead atoms. The fourth-order valence-corrected chi connectivity index (χ4v) is 3.69. The van der Waals surface area contributed by atoms with Crippen molar-refractivity contribution in [3.05, 3.63) is 64.4 Å². The first kappa shape index (κ1) is 20.1. The van der Waals surface area contributed by atoms with Crippen LogP contribution in [-0.2, 0) is 11.3 Å². The summed E-state index contributed by atoms with van der Waals surface area (Å²) < 4.78 is 14.3. The lowest BCUT2D eigenvalue weighted by Crippen LogP contribution is -2.41. The van der Waals surface area contributed by atoms with Gasteiger partial charge in [-0.3, -0.25) is 4.79 Å². The minimum Gasteiger partial charge on any atom is -0.384 e. The van der Waals surface area contributed by atoms with Gasteiger partial charge < -0.3 is 14.9 Å². The van der Waals surface area contributed by atoms with E-state index in [-0.39, 0.29) is 17.8 Å². The number of nitriles is 1. The van der Waals surface area contributed by atoms with E-state index in [9.17, 15) is 14.3 Å². The molecule has 2 aromatic rings. The molecule has 1 aliphatic rings. The third-order valence-corrected chi connectivity index (χ3v) is 5.29. The molecule has 1 saturated heterocycles. The van der Waals surface area contributed by atoms with Crippen LogP contribution in [0.15, 0.2) is 42.5 Å². The number of carbonyl (C=O) groups is 1. The summed E-state index contributed by atoms with van der Waals surface area (Å²) in [6, 6.07) is 13.6. The van der Waals surface area contributed by atoms with Gasteiger partial charge in [0.15, 0.2) is 0 Å². The van der Waals surface area contributed by atoms with Crippen molar-refractivity contribution in [1.29, 1.82) is 5.26 Å². The van der Waals surface area contributed by atoms with Crippen LogP contribution in [0.5, 0.6) is 0 Å². The summed E-state index contributed by atoms with van der Waals surface area (Å²) in [6.45, 7) is 2.70. The summed E-state index contributed by atoms with van der Waals surface area (Å²) in [5.74, 6) is -0.617. The van der Waals surface area contributed by atoms with E-state index >= 15 is 0 Å². The first-order chi connectivity index (χ1) is 13.4. The molecule has 1 amide bonds. The molecule has 0 spiro atoms. The van der Waals surface area contributed by atoms with Gasteiger partial charge >= 0.3 is 0 Å². The maximum atomic E-state index is 14.3. The summed E-state index contributed by atoms with van der Waals surface area (Å²) >= 11 is 6.21. The van der Waals surface area contributed by atoms with E-state index in [1.165, 1.54) is 13.0 Å². The Balaban J connectivity index is 1.91. The number of hydrogen-bond acceptors (Lipinski definition) is 4. The molecule has 3 rings (SSSR count). The fraction of sp³-hybridized carbons (Fsp3) is 0.333. The quantitative estimate of drug-likeness (QED) is 0.834. The minimum absolute atomic E-state index is 0.0636. The molecule has 0 aromatic heterocycles. The van der Waals surface area contributed by atoms with Crippen molar-refractivity contribution >= 4 is 23.2 Å². The van der Waals surface area contributed by atoms with Gasteiger partial charge in [0.2, 0.25) is 0 Å². The van der Waals surface area contributed by atoms with Gasteiger partial charge in [-0.1, -0.05) is 29.8 Å². The molecule has 1 heterocycles. The number of hydrogen-bond donors (Lipinski definition) is 1. The lowest BCUT2D eigenvalue weighted by atomic mass is 10.1. The number of aliphatic hydroxyl groups is 1. The summed E-state index contributed by atoms with van der Waals surface area (Å²) in [5.41, 5.74) is 1.65. The fourth-order valence-electron chi connectivity index (χ4n) is 3.48. The first-order valence-corrected chi connectivity index (χ1v) is 9.45. The van der Waals surface area contributed by atoms with Crippen LogP contribution in [0.25, 0.3) is 0 Å². The van der Waals surface area contributed by atoms with E-state index in [2.05, 4.69) is 0 Å². The van der Waals surface area contributed by atoms with Crippen LogP contribution >= 0.6 is 11.6 Å². The zero-order valence-corrected chi connectivity index (χ0v) is 16.2. The maximum Gasteiger partial charge on any atom is 0.251 e. The number of nitrogens with zero attached hydrogens (tertiary/aromatic N) is 3. The van der Waals surface area contributed by atoms with Crippen LogP contribution in [0.1, 0.15) is 24.5 Å². The van der Waals surface area contributed by atoms with Gasteiger partial charge in [0.25, 0.3) is 5.91 Å². The average Bonchev–Trinajstić information content (AvgIpc) is 3.16. The van der Waals surface area contributed by atoms with Gasteiger partial charge in [-0.25, -0.2) is 4.39 Å². The molecule has 2 aromatic carbocycles. The topological polar surface area (TPSA) is 67.6 Å². The van der Waals surface area contributed by atoms with E-state index in [0.29, 0.717) is 42.2 Å².